The third kappa shape index (κ3) is 8.82. The highest BCUT2D eigenvalue weighted by atomic mass is 19.1. The summed E-state index contributed by atoms with van der Waals surface area (Å²) < 4.78 is 37.9. The summed E-state index contributed by atoms with van der Waals surface area (Å²) in [7, 11) is 0. The third-order valence-corrected chi connectivity index (χ3v) is 6.85. The molecule has 8 heteroatoms. The lowest BCUT2D eigenvalue weighted by molar-refractivity contribution is 0.0724. The highest BCUT2D eigenvalue weighted by molar-refractivity contribution is 5.91. The van der Waals surface area contributed by atoms with E-state index in [2.05, 4.69) is 0 Å². The van der Waals surface area contributed by atoms with Crippen molar-refractivity contribution < 1.29 is 27.8 Å². The highest BCUT2D eigenvalue weighted by Crippen LogP contribution is 2.20. The van der Waals surface area contributed by atoms with Crippen LogP contribution < -0.4 is 9.47 Å². The van der Waals surface area contributed by atoms with Crippen molar-refractivity contribution in [3.05, 3.63) is 130 Å². The molecule has 0 atom stereocenters. The number of carbonyl (C=O) groups is 2. The number of benzene rings is 4. The molecule has 0 aliphatic rings. The Morgan fingerprint density at radius 3 is 1.28 bits per heavy atom. The van der Waals surface area contributed by atoms with Crippen molar-refractivity contribution in [2.75, 3.05) is 0 Å². The summed E-state index contributed by atoms with van der Waals surface area (Å²) in [6.07, 6.45) is 7.08. The molecule has 0 amide bonds. The van der Waals surface area contributed by atoms with Gasteiger partial charge in [-0.05, 0) is 85.3 Å². The number of hydrogen-bond donors (Lipinski definition) is 0. The Bertz CT molecular complexity index is 1550. The molecule has 0 heterocycles. The molecule has 4 aromatic carbocycles. The molecule has 0 aromatic heterocycles. The van der Waals surface area contributed by atoms with Crippen molar-refractivity contribution in [1.29, 1.82) is 10.5 Å². The third-order valence-electron chi connectivity index (χ3n) is 6.85. The van der Waals surface area contributed by atoms with Crippen LogP contribution in [0.5, 0.6) is 11.5 Å². The van der Waals surface area contributed by atoms with Crippen LogP contribution in [0, 0.1) is 34.3 Å². The SMILES string of the molecule is N#Cc1ccc(OC(=O)c2ccc(CCCCCCCc3ccc(C(=O)Oc4ccc(C#N)c(F)c4)cc3)cc2)cc1F. The number of aryl methyl sites for hydroxylation is 2. The number of ether oxygens (including phenoxy) is 2. The topological polar surface area (TPSA) is 100 Å². The van der Waals surface area contributed by atoms with Crippen LogP contribution in [-0.2, 0) is 12.8 Å². The molecule has 0 saturated carbocycles. The number of rotatable bonds is 12. The molecule has 0 radical (unpaired) electrons. The number of nitriles is 2. The first-order valence-electron chi connectivity index (χ1n) is 13.9. The Hall–Kier alpha value is -5.34. The minimum absolute atomic E-state index is 0.0437. The van der Waals surface area contributed by atoms with E-state index in [1.807, 2.05) is 24.3 Å². The minimum atomic E-state index is -0.737. The number of nitrogens with zero attached hydrogens (tertiary/aromatic N) is 2. The first-order valence-corrected chi connectivity index (χ1v) is 13.9. The van der Waals surface area contributed by atoms with Crippen molar-refractivity contribution in [1.82, 2.24) is 0 Å². The van der Waals surface area contributed by atoms with Crippen LogP contribution in [0.2, 0.25) is 0 Å². The minimum Gasteiger partial charge on any atom is -0.423 e. The van der Waals surface area contributed by atoms with E-state index in [1.165, 1.54) is 24.3 Å². The molecule has 0 spiro atoms. The second-order valence-electron chi connectivity index (χ2n) is 9.95. The van der Waals surface area contributed by atoms with Crippen molar-refractivity contribution in [3.8, 4) is 23.6 Å². The van der Waals surface area contributed by atoms with Crippen molar-refractivity contribution >= 4 is 11.9 Å². The first-order chi connectivity index (χ1) is 20.9. The van der Waals surface area contributed by atoms with Crippen LogP contribution in [0.3, 0.4) is 0 Å². The monoisotopic (exact) mass is 578 g/mol. The number of halogens is 2. The predicted octanol–water partition coefficient (Wildman–Crippen LogP) is 7.88. The average Bonchev–Trinajstić information content (AvgIpc) is 3.01. The number of carbonyl (C=O) groups excluding carboxylic acids is 2. The molecule has 0 bridgehead atoms. The molecule has 0 N–H and O–H groups in total. The van der Waals surface area contributed by atoms with E-state index in [4.69, 9.17) is 20.0 Å². The van der Waals surface area contributed by atoms with Gasteiger partial charge < -0.3 is 9.47 Å². The predicted molar refractivity (Wildman–Crippen MR) is 156 cm³/mol. The van der Waals surface area contributed by atoms with Gasteiger partial charge in [-0.25, -0.2) is 18.4 Å². The van der Waals surface area contributed by atoms with E-state index in [0.29, 0.717) is 11.1 Å². The molecule has 4 aromatic rings. The molecule has 0 saturated heterocycles. The normalized spacial score (nSPS) is 10.4. The number of hydrogen-bond acceptors (Lipinski definition) is 6. The van der Waals surface area contributed by atoms with Crippen LogP contribution in [0.15, 0.2) is 84.9 Å². The molecule has 216 valence electrons. The molecular formula is C35H28F2N2O4. The van der Waals surface area contributed by atoms with E-state index < -0.39 is 23.6 Å². The first kappa shape index (κ1) is 30.6. The Labute approximate surface area is 248 Å². The fourth-order valence-corrected chi connectivity index (χ4v) is 4.44. The lowest BCUT2D eigenvalue weighted by Crippen LogP contribution is -2.08. The molecule has 43 heavy (non-hydrogen) atoms. The Kier molecular flexibility index (Phi) is 10.7. The largest absolute Gasteiger partial charge is 0.423 e. The van der Waals surface area contributed by atoms with E-state index in [0.717, 1.165) is 68.2 Å². The van der Waals surface area contributed by atoms with Crippen molar-refractivity contribution in [3.63, 3.8) is 0 Å². The lowest BCUT2D eigenvalue weighted by Gasteiger charge is -2.07. The molecule has 0 unspecified atom stereocenters. The standard InChI is InChI=1S/C35H28F2N2O4/c36-32-20-30(18-16-28(32)22-38)42-34(40)26-12-8-24(9-13-26)6-4-2-1-3-5-7-25-10-14-27(15-11-25)35(41)43-31-19-17-29(23-39)33(37)21-31/h8-21H,1-7H2. The molecule has 6 nitrogen and oxygen atoms in total. The quantitative estimate of drug-likeness (QED) is 0.0963. The molecular weight excluding hydrogens is 550 g/mol. The van der Waals surface area contributed by atoms with Crippen LogP contribution in [0.25, 0.3) is 0 Å². The fourth-order valence-electron chi connectivity index (χ4n) is 4.44. The van der Waals surface area contributed by atoms with Gasteiger partial charge in [0.25, 0.3) is 0 Å². The van der Waals surface area contributed by atoms with Gasteiger partial charge in [0.15, 0.2) is 0 Å². The van der Waals surface area contributed by atoms with E-state index >= 15 is 0 Å². The Morgan fingerprint density at radius 1 is 0.558 bits per heavy atom. The average molecular weight is 579 g/mol. The molecule has 4 rings (SSSR count). The molecule has 0 aliphatic carbocycles. The summed E-state index contributed by atoms with van der Waals surface area (Å²) in [6.45, 7) is 0. The Balaban J connectivity index is 1.11. The van der Waals surface area contributed by atoms with Gasteiger partial charge in [0, 0.05) is 12.1 Å². The second kappa shape index (κ2) is 15.0. The van der Waals surface area contributed by atoms with Gasteiger partial charge in [-0.15, -0.1) is 0 Å². The van der Waals surface area contributed by atoms with Gasteiger partial charge in [0.2, 0.25) is 0 Å². The smallest absolute Gasteiger partial charge is 0.343 e. The maximum Gasteiger partial charge on any atom is 0.343 e. The molecule has 0 aliphatic heterocycles. The van der Waals surface area contributed by atoms with Gasteiger partial charge in [-0.1, -0.05) is 43.5 Å². The van der Waals surface area contributed by atoms with Gasteiger partial charge >= 0.3 is 11.9 Å². The van der Waals surface area contributed by atoms with Gasteiger partial charge in [-0.2, -0.15) is 10.5 Å². The van der Waals surface area contributed by atoms with Crippen LogP contribution in [0.1, 0.15) is 75.1 Å². The summed E-state index contributed by atoms with van der Waals surface area (Å²) in [5.41, 5.74) is 2.73. The zero-order chi connectivity index (χ0) is 30.6. The van der Waals surface area contributed by atoms with Gasteiger partial charge in [-0.3, -0.25) is 0 Å². The summed E-state index contributed by atoms with van der Waals surface area (Å²) in [4.78, 5) is 24.7. The van der Waals surface area contributed by atoms with E-state index in [-0.39, 0.29) is 22.6 Å². The second-order valence-corrected chi connectivity index (χ2v) is 9.95. The van der Waals surface area contributed by atoms with Gasteiger partial charge in [0.05, 0.1) is 22.3 Å². The number of esters is 2. The van der Waals surface area contributed by atoms with Crippen molar-refractivity contribution in [2.24, 2.45) is 0 Å². The lowest BCUT2D eigenvalue weighted by atomic mass is 10.0. The summed E-state index contributed by atoms with van der Waals surface area (Å²) in [6, 6.07) is 25.1. The maximum atomic E-state index is 13.7. The summed E-state index contributed by atoms with van der Waals surface area (Å²) >= 11 is 0. The summed E-state index contributed by atoms with van der Waals surface area (Å²) in [5.74, 6) is -2.57. The van der Waals surface area contributed by atoms with Gasteiger partial charge in [0.1, 0.15) is 35.3 Å². The van der Waals surface area contributed by atoms with E-state index in [9.17, 15) is 18.4 Å². The maximum absolute atomic E-state index is 13.7. The van der Waals surface area contributed by atoms with Crippen LogP contribution in [-0.4, -0.2) is 11.9 Å². The van der Waals surface area contributed by atoms with Crippen molar-refractivity contribution in [2.45, 2.75) is 44.9 Å². The fraction of sp³-hybridized carbons (Fsp3) is 0.200. The molecule has 0 fully saturated rings. The highest BCUT2D eigenvalue weighted by Gasteiger charge is 2.12. The zero-order valence-corrected chi connectivity index (χ0v) is 23.3. The van der Waals surface area contributed by atoms with Crippen LogP contribution >= 0.6 is 0 Å². The summed E-state index contributed by atoms with van der Waals surface area (Å²) in [5, 5.41) is 17.6. The number of unbranched alkanes of at least 4 members (excludes halogenated alkanes) is 4. The Morgan fingerprint density at radius 2 is 0.930 bits per heavy atom. The van der Waals surface area contributed by atoms with Crippen LogP contribution in [0.4, 0.5) is 8.78 Å². The zero-order valence-electron chi connectivity index (χ0n) is 23.3. The van der Waals surface area contributed by atoms with E-state index in [1.54, 1.807) is 36.4 Å².